The molecule has 2 amide bonds. The summed E-state index contributed by atoms with van der Waals surface area (Å²) in [6.07, 6.45) is 3.11. The molecule has 3 heterocycles. The first-order chi connectivity index (χ1) is 17.0. The Morgan fingerprint density at radius 1 is 0.886 bits per heavy atom. The van der Waals surface area contributed by atoms with Crippen LogP contribution in [0.1, 0.15) is 47.7 Å². The largest absolute Gasteiger partial charge is 0.390 e. The molecule has 7 heteroatoms. The van der Waals surface area contributed by atoms with Gasteiger partial charge in [-0.1, -0.05) is 24.3 Å². The summed E-state index contributed by atoms with van der Waals surface area (Å²) >= 11 is 0. The average molecular weight is 477 g/mol. The first kappa shape index (κ1) is 23.8. The number of piperidine rings is 2. The second-order valence-electron chi connectivity index (χ2n) is 10.2. The van der Waals surface area contributed by atoms with Crippen LogP contribution < -0.4 is 5.32 Å². The molecule has 2 fully saturated rings. The number of amides is 2. The van der Waals surface area contributed by atoms with Crippen molar-refractivity contribution in [3.05, 3.63) is 65.2 Å². The van der Waals surface area contributed by atoms with E-state index in [2.05, 4.69) is 34.5 Å². The van der Waals surface area contributed by atoms with Crippen LogP contribution in [0.2, 0.25) is 0 Å². The molecule has 0 radical (unpaired) electrons. The fourth-order valence-corrected chi connectivity index (χ4v) is 5.80. The Balaban J connectivity index is 1.13. The molecule has 5 rings (SSSR count). The average Bonchev–Trinajstić information content (AvgIpc) is 2.88. The van der Waals surface area contributed by atoms with E-state index in [-0.39, 0.29) is 17.9 Å². The van der Waals surface area contributed by atoms with Crippen molar-refractivity contribution in [3.8, 4) is 0 Å². The molecule has 2 N–H and O–H groups in total. The van der Waals surface area contributed by atoms with Gasteiger partial charge in [0.15, 0.2) is 0 Å². The van der Waals surface area contributed by atoms with Gasteiger partial charge in [-0.3, -0.25) is 14.5 Å². The Labute approximate surface area is 207 Å². The first-order valence-electron chi connectivity index (χ1n) is 12.9. The van der Waals surface area contributed by atoms with Crippen molar-refractivity contribution in [2.45, 2.75) is 57.3 Å². The van der Waals surface area contributed by atoms with E-state index in [4.69, 9.17) is 0 Å². The van der Waals surface area contributed by atoms with Crippen molar-refractivity contribution in [3.63, 3.8) is 0 Å². The number of fused-ring (bicyclic) bond motifs is 1. The molecule has 2 aromatic rings. The Kier molecular flexibility index (Phi) is 7.07. The van der Waals surface area contributed by atoms with Gasteiger partial charge in [-0.15, -0.1) is 0 Å². The SMILES string of the molecule is CC(=O)N1CCC(Nc2ccc(C(=O)N3CCC(N4CCc5ccccc5C4)[C@@H](O)C3)cc2)CC1. The molecule has 0 aliphatic carbocycles. The van der Waals surface area contributed by atoms with Crippen LogP contribution in [0, 0.1) is 0 Å². The molecule has 0 bridgehead atoms. The van der Waals surface area contributed by atoms with Crippen molar-refractivity contribution in [1.29, 1.82) is 0 Å². The highest BCUT2D eigenvalue weighted by Crippen LogP contribution is 2.26. The number of hydrogen-bond donors (Lipinski definition) is 2. The number of β-amino-alcohol motifs (C(OH)–C–C–N with tert-alkyl or cyclic N) is 1. The third-order valence-electron chi connectivity index (χ3n) is 7.91. The number of benzene rings is 2. The summed E-state index contributed by atoms with van der Waals surface area (Å²) in [5.41, 5.74) is 4.40. The van der Waals surface area contributed by atoms with Crippen molar-refractivity contribution >= 4 is 17.5 Å². The standard InChI is InChI=1S/C28H36N4O3/c1-20(33)30-15-11-25(12-16-30)29-24-8-6-22(7-9-24)28(35)32-17-13-26(27(34)19-32)31-14-10-21-4-2-3-5-23(21)18-31/h2-9,25-27,29,34H,10-19H2,1H3/t26?,27-/m0/s1. The van der Waals surface area contributed by atoms with E-state index >= 15 is 0 Å². The zero-order valence-electron chi connectivity index (χ0n) is 20.5. The second kappa shape index (κ2) is 10.4. The molecular weight excluding hydrogens is 440 g/mol. The quantitative estimate of drug-likeness (QED) is 0.710. The van der Waals surface area contributed by atoms with Crippen molar-refractivity contribution in [2.24, 2.45) is 0 Å². The minimum Gasteiger partial charge on any atom is -0.390 e. The van der Waals surface area contributed by atoms with E-state index in [1.165, 1.54) is 11.1 Å². The van der Waals surface area contributed by atoms with E-state index in [1.54, 1.807) is 11.8 Å². The van der Waals surface area contributed by atoms with Crippen LogP contribution in [-0.2, 0) is 17.8 Å². The van der Waals surface area contributed by atoms with Gasteiger partial charge >= 0.3 is 0 Å². The molecule has 0 spiro atoms. The van der Waals surface area contributed by atoms with Gasteiger partial charge in [0.2, 0.25) is 5.91 Å². The topological polar surface area (TPSA) is 76.1 Å². The van der Waals surface area contributed by atoms with Gasteiger partial charge in [-0.25, -0.2) is 0 Å². The van der Waals surface area contributed by atoms with Crippen LogP contribution in [0.25, 0.3) is 0 Å². The van der Waals surface area contributed by atoms with Crippen molar-refractivity contribution in [2.75, 3.05) is 38.0 Å². The molecule has 7 nitrogen and oxygen atoms in total. The van der Waals surface area contributed by atoms with Crippen molar-refractivity contribution in [1.82, 2.24) is 14.7 Å². The third-order valence-corrected chi connectivity index (χ3v) is 7.91. The Bertz CT molecular complexity index is 1050. The molecule has 0 aromatic heterocycles. The molecule has 2 aromatic carbocycles. The van der Waals surface area contributed by atoms with Gasteiger partial charge < -0.3 is 20.2 Å². The summed E-state index contributed by atoms with van der Waals surface area (Å²) in [5, 5.41) is 14.5. The van der Waals surface area contributed by atoms with Crippen LogP contribution >= 0.6 is 0 Å². The summed E-state index contributed by atoms with van der Waals surface area (Å²) in [6, 6.07) is 16.6. The Morgan fingerprint density at radius 2 is 1.57 bits per heavy atom. The van der Waals surface area contributed by atoms with E-state index in [1.807, 2.05) is 29.2 Å². The van der Waals surface area contributed by atoms with Gasteiger partial charge in [0.25, 0.3) is 5.91 Å². The molecule has 1 unspecified atom stereocenters. The molecule has 0 saturated carbocycles. The maximum Gasteiger partial charge on any atom is 0.253 e. The number of nitrogens with one attached hydrogen (secondary N) is 1. The van der Waals surface area contributed by atoms with Crippen LogP contribution in [0.5, 0.6) is 0 Å². The first-order valence-corrected chi connectivity index (χ1v) is 12.9. The summed E-state index contributed by atoms with van der Waals surface area (Å²) < 4.78 is 0. The van der Waals surface area contributed by atoms with Gasteiger partial charge in [0, 0.05) is 69.5 Å². The van der Waals surface area contributed by atoms with Crippen molar-refractivity contribution < 1.29 is 14.7 Å². The van der Waals surface area contributed by atoms with Gasteiger partial charge in [0.1, 0.15) is 0 Å². The molecule has 3 aliphatic rings. The number of aliphatic hydroxyl groups excluding tert-OH is 1. The predicted molar refractivity (Wildman–Crippen MR) is 136 cm³/mol. The van der Waals surface area contributed by atoms with Gasteiger partial charge in [-0.2, -0.15) is 0 Å². The summed E-state index contributed by atoms with van der Waals surface area (Å²) in [4.78, 5) is 30.7. The number of likely N-dealkylation sites (tertiary alicyclic amines) is 2. The summed E-state index contributed by atoms with van der Waals surface area (Å²) in [5.74, 6) is 0.120. The third kappa shape index (κ3) is 5.36. The number of carbonyl (C=O) groups is 2. The number of anilines is 1. The molecule has 2 saturated heterocycles. The van der Waals surface area contributed by atoms with E-state index in [0.29, 0.717) is 24.7 Å². The maximum absolute atomic E-state index is 13.1. The summed E-state index contributed by atoms with van der Waals surface area (Å²) in [7, 11) is 0. The predicted octanol–water partition coefficient (Wildman–Crippen LogP) is 2.74. The number of rotatable bonds is 4. The number of carbonyl (C=O) groups excluding carboxylic acids is 2. The highest BCUT2D eigenvalue weighted by molar-refractivity contribution is 5.94. The van der Waals surface area contributed by atoms with Crippen LogP contribution in [0.4, 0.5) is 5.69 Å². The Morgan fingerprint density at radius 3 is 2.26 bits per heavy atom. The highest BCUT2D eigenvalue weighted by Gasteiger charge is 2.35. The van der Waals surface area contributed by atoms with E-state index in [0.717, 1.165) is 57.5 Å². The minimum absolute atomic E-state index is 0.0205. The van der Waals surface area contributed by atoms with E-state index < -0.39 is 6.10 Å². The smallest absolute Gasteiger partial charge is 0.253 e. The normalized spacial score (nSPS) is 23.6. The zero-order valence-corrected chi connectivity index (χ0v) is 20.5. The number of nitrogens with zero attached hydrogens (tertiary/aromatic N) is 3. The molecule has 186 valence electrons. The Hall–Kier alpha value is -2.90. The fourth-order valence-electron chi connectivity index (χ4n) is 5.80. The maximum atomic E-state index is 13.1. The van der Waals surface area contributed by atoms with Crippen LogP contribution in [0.15, 0.2) is 48.5 Å². The lowest BCUT2D eigenvalue weighted by Gasteiger charge is -2.43. The highest BCUT2D eigenvalue weighted by atomic mass is 16.3. The van der Waals surface area contributed by atoms with E-state index in [9.17, 15) is 14.7 Å². The lowest BCUT2D eigenvalue weighted by atomic mass is 9.94. The summed E-state index contributed by atoms with van der Waals surface area (Å²) in [6.45, 7) is 6.04. The second-order valence-corrected chi connectivity index (χ2v) is 10.2. The van der Waals surface area contributed by atoms with Crippen LogP contribution in [0.3, 0.4) is 0 Å². The number of hydrogen-bond acceptors (Lipinski definition) is 5. The van der Waals surface area contributed by atoms with Crippen LogP contribution in [-0.4, -0.2) is 82.5 Å². The molecule has 2 atom stereocenters. The number of aliphatic hydroxyl groups is 1. The lowest BCUT2D eigenvalue weighted by Crippen LogP contribution is -2.56. The fraction of sp³-hybridized carbons (Fsp3) is 0.500. The minimum atomic E-state index is -0.542. The zero-order chi connectivity index (χ0) is 24.4. The van der Waals surface area contributed by atoms with Gasteiger partial charge in [0.05, 0.1) is 6.10 Å². The molecule has 35 heavy (non-hydrogen) atoms. The molecule has 3 aliphatic heterocycles. The lowest BCUT2D eigenvalue weighted by molar-refractivity contribution is -0.129. The monoisotopic (exact) mass is 476 g/mol. The van der Waals surface area contributed by atoms with Gasteiger partial charge in [-0.05, 0) is 61.1 Å². The molecular formula is C28H36N4O3.